The zero-order valence-corrected chi connectivity index (χ0v) is 13.3. The summed E-state index contributed by atoms with van der Waals surface area (Å²) in [6.45, 7) is 4.25. The number of ether oxygens (including phenoxy) is 1. The van der Waals surface area contributed by atoms with Crippen molar-refractivity contribution in [3.8, 4) is 0 Å². The van der Waals surface area contributed by atoms with Gasteiger partial charge in [-0.3, -0.25) is 4.79 Å². The van der Waals surface area contributed by atoms with E-state index in [4.69, 9.17) is 10.5 Å². The number of carbonyl (C=O) groups excluding carboxylic acids is 1. The van der Waals surface area contributed by atoms with E-state index < -0.39 is 0 Å². The van der Waals surface area contributed by atoms with Crippen LogP contribution in [0.4, 0.5) is 0 Å². The van der Waals surface area contributed by atoms with E-state index in [0.717, 1.165) is 12.8 Å². The van der Waals surface area contributed by atoms with Crippen LogP contribution in [0.25, 0.3) is 0 Å². The van der Waals surface area contributed by atoms with Crippen LogP contribution in [0.2, 0.25) is 0 Å². The first kappa shape index (κ1) is 18.0. The van der Waals surface area contributed by atoms with E-state index in [9.17, 15) is 4.79 Å². The highest BCUT2D eigenvalue weighted by molar-refractivity contribution is 5.85. The molecule has 2 rings (SSSR count). The van der Waals surface area contributed by atoms with Crippen molar-refractivity contribution in [2.75, 3.05) is 26.3 Å². The van der Waals surface area contributed by atoms with Gasteiger partial charge in [-0.25, -0.2) is 0 Å². The molecule has 21 heavy (non-hydrogen) atoms. The number of unbranched alkanes of at least 4 members (excludes halogenated alkanes) is 1. The summed E-state index contributed by atoms with van der Waals surface area (Å²) >= 11 is 0. The Bertz CT molecular complexity index is 428. The number of nitrogens with zero attached hydrogens (tertiary/aromatic N) is 1. The quantitative estimate of drug-likeness (QED) is 0.819. The molecule has 0 aliphatic carbocycles. The summed E-state index contributed by atoms with van der Waals surface area (Å²) < 4.78 is 5.39. The highest BCUT2D eigenvalue weighted by atomic mass is 35.5. The molecule has 0 aromatic heterocycles. The zero-order chi connectivity index (χ0) is 14.4. The van der Waals surface area contributed by atoms with E-state index in [1.54, 1.807) is 0 Å². The average molecular weight is 313 g/mol. The van der Waals surface area contributed by atoms with Crippen LogP contribution in [0.5, 0.6) is 0 Å². The fourth-order valence-corrected chi connectivity index (χ4v) is 2.58. The van der Waals surface area contributed by atoms with E-state index in [1.807, 2.05) is 23.1 Å². The standard InChI is InChI=1S/C16H24N2O2.ClH/c1-2-3-9-20-12-16(19)18-10-14(15(17)11-18)13-7-5-4-6-8-13;/h4-8,14-15H,2-3,9-12,17H2,1H3;1H/t14-,15+;/m0./s1. The van der Waals surface area contributed by atoms with Crippen molar-refractivity contribution in [1.29, 1.82) is 0 Å². The Balaban J connectivity index is 0.00000220. The molecule has 1 aliphatic heterocycles. The molecule has 1 aromatic rings. The summed E-state index contributed by atoms with van der Waals surface area (Å²) in [7, 11) is 0. The Kier molecular flexibility index (Phi) is 7.72. The first-order chi connectivity index (χ1) is 9.72. The van der Waals surface area contributed by atoms with Crippen molar-refractivity contribution in [2.45, 2.75) is 31.7 Å². The van der Waals surface area contributed by atoms with Gasteiger partial charge in [0.15, 0.2) is 0 Å². The molecule has 0 saturated carbocycles. The SMILES string of the molecule is CCCCOCC(=O)N1C[C@@H](N)[C@H](c2ccccc2)C1.Cl. The zero-order valence-electron chi connectivity index (χ0n) is 12.5. The number of carbonyl (C=O) groups is 1. The summed E-state index contributed by atoms with van der Waals surface area (Å²) in [5.74, 6) is 0.283. The summed E-state index contributed by atoms with van der Waals surface area (Å²) in [4.78, 5) is 13.9. The lowest BCUT2D eigenvalue weighted by molar-refractivity contribution is -0.135. The number of amides is 1. The van der Waals surface area contributed by atoms with Gasteiger partial charge < -0.3 is 15.4 Å². The molecular formula is C16H25ClN2O2. The summed E-state index contributed by atoms with van der Waals surface area (Å²) in [6.07, 6.45) is 2.08. The van der Waals surface area contributed by atoms with Crippen LogP contribution in [0.1, 0.15) is 31.2 Å². The Morgan fingerprint density at radius 2 is 2.05 bits per heavy atom. The fraction of sp³-hybridized carbons (Fsp3) is 0.562. The van der Waals surface area contributed by atoms with E-state index in [0.29, 0.717) is 19.7 Å². The third-order valence-corrected chi connectivity index (χ3v) is 3.81. The maximum atomic E-state index is 12.1. The predicted octanol–water partition coefficient (Wildman–Crippen LogP) is 2.18. The summed E-state index contributed by atoms with van der Waals surface area (Å²) in [6, 6.07) is 10.2. The molecule has 1 aliphatic rings. The molecule has 1 heterocycles. The van der Waals surface area contributed by atoms with Crippen LogP contribution in [-0.4, -0.2) is 43.2 Å². The van der Waals surface area contributed by atoms with Gasteiger partial charge in [0, 0.05) is 31.7 Å². The third-order valence-electron chi connectivity index (χ3n) is 3.81. The highest BCUT2D eigenvalue weighted by Gasteiger charge is 2.33. The van der Waals surface area contributed by atoms with Gasteiger partial charge in [0.1, 0.15) is 6.61 Å². The lowest BCUT2D eigenvalue weighted by Gasteiger charge is -2.16. The molecule has 1 saturated heterocycles. The minimum atomic E-state index is 0. The first-order valence-corrected chi connectivity index (χ1v) is 7.38. The molecule has 1 amide bonds. The maximum absolute atomic E-state index is 12.1. The molecule has 2 N–H and O–H groups in total. The average Bonchev–Trinajstić information content (AvgIpc) is 2.86. The first-order valence-electron chi connectivity index (χ1n) is 7.38. The van der Waals surface area contributed by atoms with Crippen molar-refractivity contribution in [1.82, 2.24) is 4.90 Å². The summed E-state index contributed by atoms with van der Waals surface area (Å²) in [5, 5.41) is 0. The minimum Gasteiger partial charge on any atom is -0.372 e. The van der Waals surface area contributed by atoms with E-state index in [1.165, 1.54) is 5.56 Å². The van der Waals surface area contributed by atoms with Gasteiger partial charge in [0.2, 0.25) is 5.91 Å². The number of nitrogens with two attached hydrogens (primary N) is 1. The molecule has 0 spiro atoms. The molecule has 0 radical (unpaired) electrons. The van der Waals surface area contributed by atoms with Gasteiger partial charge in [-0.2, -0.15) is 0 Å². The predicted molar refractivity (Wildman–Crippen MR) is 86.7 cm³/mol. The normalized spacial score (nSPS) is 21.1. The Labute approximate surface area is 133 Å². The largest absolute Gasteiger partial charge is 0.372 e. The third kappa shape index (κ3) is 4.99. The van der Waals surface area contributed by atoms with Gasteiger partial charge >= 0.3 is 0 Å². The number of benzene rings is 1. The second-order valence-corrected chi connectivity index (χ2v) is 5.39. The summed E-state index contributed by atoms with van der Waals surface area (Å²) in [5.41, 5.74) is 7.39. The molecular weight excluding hydrogens is 288 g/mol. The van der Waals surface area contributed by atoms with Crippen LogP contribution in [0.3, 0.4) is 0 Å². The molecule has 5 heteroatoms. The van der Waals surface area contributed by atoms with Crippen LogP contribution in [0.15, 0.2) is 30.3 Å². The molecule has 4 nitrogen and oxygen atoms in total. The Morgan fingerprint density at radius 1 is 1.33 bits per heavy atom. The molecule has 1 fully saturated rings. The van der Waals surface area contributed by atoms with Gasteiger partial charge in [0.25, 0.3) is 0 Å². The van der Waals surface area contributed by atoms with Gasteiger partial charge in [-0.05, 0) is 12.0 Å². The molecule has 0 bridgehead atoms. The number of rotatable bonds is 6. The van der Waals surface area contributed by atoms with Crippen molar-refractivity contribution >= 4 is 18.3 Å². The van der Waals surface area contributed by atoms with E-state index in [2.05, 4.69) is 19.1 Å². The van der Waals surface area contributed by atoms with Crippen LogP contribution in [0, 0.1) is 0 Å². The van der Waals surface area contributed by atoms with Crippen molar-refractivity contribution < 1.29 is 9.53 Å². The second-order valence-electron chi connectivity index (χ2n) is 5.39. The van der Waals surface area contributed by atoms with Gasteiger partial charge in [0.05, 0.1) is 0 Å². The lowest BCUT2D eigenvalue weighted by Crippen LogP contribution is -2.34. The van der Waals surface area contributed by atoms with E-state index in [-0.39, 0.29) is 36.9 Å². The Hall–Kier alpha value is -1.10. The maximum Gasteiger partial charge on any atom is 0.248 e. The molecule has 0 unspecified atom stereocenters. The van der Waals surface area contributed by atoms with Gasteiger partial charge in [-0.15, -0.1) is 12.4 Å². The van der Waals surface area contributed by atoms with E-state index >= 15 is 0 Å². The molecule has 2 atom stereocenters. The van der Waals surface area contributed by atoms with Crippen LogP contribution < -0.4 is 5.73 Å². The monoisotopic (exact) mass is 312 g/mol. The number of halogens is 1. The molecule has 1 aromatic carbocycles. The number of likely N-dealkylation sites (tertiary alicyclic amines) is 1. The van der Waals surface area contributed by atoms with Crippen molar-refractivity contribution in [2.24, 2.45) is 5.73 Å². The lowest BCUT2D eigenvalue weighted by atomic mass is 9.95. The number of hydrogen-bond donors (Lipinski definition) is 1. The minimum absolute atomic E-state index is 0. The van der Waals surface area contributed by atoms with Crippen LogP contribution >= 0.6 is 12.4 Å². The van der Waals surface area contributed by atoms with Crippen molar-refractivity contribution in [3.63, 3.8) is 0 Å². The second kappa shape index (κ2) is 9.03. The topological polar surface area (TPSA) is 55.6 Å². The highest BCUT2D eigenvalue weighted by Crippen LogP contribution is 2.26. The van der Waals surface area contributed by atoms with Gasteiger partial charge in [-0.1, -0.05) is 43.7 Å². The molecule has 118 valence electrons. The Morgan fingerprint density at radius 3 is 2.71 bits per heavy atom. The number of hydrogen-bond acceptors (Lipinski definition) is 3. The van der Waals surface area contributed by atoms with Crippen LogP contribution in [-0.2, 0) is 9.53 Å². The van der Waals surface area contributed by atoms with Crippen molar-refractivity contribution in [3.05, 3.63) is 35.9 Å². The smallest absolute Gasteiger partial charge is 0.248 e. The fourth-order valence-electron chi connectivity index (χ4n) is 2.58.